The van der Waals surface area contributed by atoms with Gasteiger partial charge in [-0.1, -0.05) is 22.0 Å². The first-order valence-electron chi connectivity index (χ1n) is 6.53. The fourth-order valence-corrected chi connectivity index (χ4v) is 3.03. The van der Waals surface area contributed by atoms with Crippen LogP contribution in [0.3, 0.4) is 0 Å². The third kappa shape index (κ3) is 3.10. The van der Waals surface area contributed by atoms with Crippen molar-refractivity contribution in [1.29, 1.82) is 0 Å². The molecule has 1 unspecified atom stereocenters. The first-order valence-corrected chi connectivity index (χ1v) is 7.65. The summed E-state index contributed by atoms with van der Waals surface area (Å²) in [5.74, 6) is 0.0874. The summed E-state index contributed by atoms with van der Waals surface area (Å²) in [4.78, 5) is 18.8. The van der Waals surface area contributed by atoms with Crippen molar-refractivity contribution in [1.82, 2.24) is 9.88 Å². The van der Waals surface area contributed by atoms with Crippen LogP contribution in [0.5, 0.6) is 0 Å². The maximum atomic E-state index is 12.5. The van der Waals surface area contributed by atoms with Crippen LogP contribution in [0.25, 0.3) is 0 Å². The van der Waals surface area contributed by atoms with Crippen molar-refractivity contribution in [3.05, 3.63) is 29.6 Å². The second kappa shape index (κ2) is 6.32. The number of aromatic nitrogens is 1. The Morgan fingerprint density at radius 3 is 3.06 bits per heavy atom. The molecule has 1 aliphatic rings. The number of hydrogen-bond donors (Lipinski definition) is 0. The molecule has 0 radical (unpaired) electrons. The fourth-order valence-electron chi connectivity index (χ4n) is 2.50. The van der Waals surface area contributed by atoms with Crippen LogP contribution in [0.4, 0.5) is 0 Å². The normalized spacial score (nSPS) is 19.9. The number of halogens is 1. The van der Waals surface area contributed by atoms with Gasteiger partial charge in [0.1, 0.15) is 5.69 Å². The average molecular weight is 311 g/mol. The molecule has 0 N–H and O–H groups in total. The van der Waals surface area contributed by atoms with Crippen LogP contribution in [0.15, 0.2) is 18.2 Å². The molecule has 0 aromatic carbocycles. The Balaban J connectivity index is 2.15. The minimum atomic E-state index is 0.0874. The van der Waals surface area contributed by atoms with Crippen molar-refractivity contribution in [3.8, 4) is 0 Å². The highest BCUT2D eigenvalue weighted by molar-refractivity contribution is 9.09. The van der Waals surface area contributed by atoms with Crippen molar-refractivity contribution < 1.29 is 4.79 Å². The topological polar surface area (TPSA) is 33.2 Å². The standard InChI is InChI=1S/C14H19BrN2O/c1-11-5-4-7-13(16-11)14(18)17-10-3-2-6-12(17)8-9-15/h4-5,7,12H,2-3,6,8-10H2,1H3. The zero-order valence-corrected chi connectivity index (χ0v) is 12.3. The molecule has 0 bridgehead atoms. The summed E-state index contributed by atoms with van der Waals surface area (Å²) in [7, 11) is 0. The number of piperidine rings is 1. The molecule has 2 heterocycles. The van der Waals surface area contributed by atoms with Gasteiger partial charge in [0.25, 0.3) is 5.91 Å². The molecule has 0 saturated carbocycles. The molecule has 3 nitrogen and oxygen atoms in total. The Kier molecular flexibility index (Phi) is 4.75. The molecule has 4 heteroatoms. The number of alkyl halides is 1. The van der Waals surface area contributed by atoms with E-state index in [0.29, 0.717) is 11.7 Å². The van der Waals surface area contributed by atoms with Gasteiger partial charge in [-0.3, -0.25) is 4.79 Å². The van der Waals surface area contributed by atoms with E-state index in [0.717, 1.165) is 36.8 Å². The molecule has 0 aliphatic carbocycles. The van der Waals surface area contributed by atoms with Gasteiger partial charge in [-0.05, 0) is 44.7 Å². The van der Waals surface area contributed by atoms with E-state index in [4.69, 9.17) is 0 Å². The number of aryl methyl sites for hydroxylation is 1. The number of hydrogen-bond acceptors (Lipinski definition) is 2. The largest absolute Gasteiger partial charge is 0.334 e. The lowest BCUT2D eigenvalue weighted by Crippen LogP contribution is -2.44. The van der Waals surface area contributed by atoms with Gasteiger partial charge >= 0.3 is 0 Å². The minimum absolute atomic E-state index is 0.0874. The zero-order chi connectivity index (χ0) is 13.0. The van der Waals surface area contributed by atoms with Gasteiger partial charge in [0.05, 0.1) is 0 Å². The van der Waals surface area contributed by atoms with Gasteiger partial charge in [0.2, 0.25) is 0 Å². The fraction of sp³-hybridized carbons (Fsp3) is 0.571. The summed E-state index contributed by atoms with van der Waals surface area (Å²) >= 11 is 3.48. The molecule has 1 aromatic rings. The first kappa shape index (κ1) is 13.5. The van der Waals surface area contributed by atoms with E-state index in [2.05, 4.69) is 20.9 Å². The predicted molar refractivity (Wildman–Crippen MR) is 76.1 cm³/mol. The number of pyridine rings is 1. The van der Waals surface area contributed by atoms with E-state index in [1.54, 1.807) is 0 Å². The monoisotopic (exact) mass is 310 g/mol. The van der Waals surface area contributed by atoms with E-state index < -0.39 is 0 Å². The lowest BCUT2D eigenvalue weighted by molar-refractivity contribution is 0.0603. The molecule has 1 aromatic heterocycles. The highest BCUT2D eigenvalue weighted by Gasteiger charge is 2.27. The molecule has 1 atom stereocenters. The molecule has 1 fully saturated rings. The van der Waals surface area contributed by atoms with Crippen LogP contribution in [-0.2, 0) is 0 Å². The first-order chi connectivity index (χ1) is 8.72. The van der Waals surface area contributed by atoms with Crippen molar-refractivity contribution in [2.45, 2.75) is 38.6 Å². The van der Waals surface area contributed by atoms with Crippen molar-refractivity contribution in [2.24, 2.45) is 0 Å². The lowest BCUT2D eigenvalue weighted by atomic mass is 9.99. The summed E-state index contributed by atoms with van der Waals surface area (Å²) in [6, 6.07) is 6.00. The van der Waals surface area contributed by atoms with Crippen molar-refractivity contribution in [2.75, 3.05) is 11.9 Å². The second-order valence-electron chi connectivity index (χ2n) is 4.79. The zero-order valence-electron chi connectivity index (χ0n) is 10.7. The van der Waals surface area contributed by atoms with E-state index in [9.17, 15) is 4.79 Å². The molecule has 0 spiro atoms. The maximum Gasteiger partial charge on any atom is 0.272 e. The second-order valence-corrected chi connectivity index (χ2v) is 5.58. The van der Waals surface area contributed by atoms with E-state index in [1.165, 1.54) is 6.42 Å². The van der Waals surface area contributed by atoms with Gasteiger partial charge < -0.3 is 4.90 Å². The number of carbonyl (C=O) groups is 1. The van der Waals surface area contributed by atoms with Crippen LogP contribution < -0.4 is 0 Å². The van der Waals surface area contributed by atoms with E-state index in [1.807, 2.05) is 30.0 Å². The summed E-state index contributed by atoms with van der Waals surface area (Å²) in [5.41, 5.74) is 1.48. The molecular weight excluding hydrogens is 292 g/mol. The molecule has 98 valence electrons. The Morgan fingerprint density at radius 1 is 1.50 bits per heavy atom. The molecule has 2 rings (SSSR count). The van der Waals surface area contributed by atoms with Gasteiger partial charge in [-0.15, -0.1) is 0 Å². The Labute approximate surface area is 117 Å². The third-order valence-electron chi connectivity index (χ3n) is 3.44. The van der Waals surface area contributed by atoms with Crippen LogP contribution in [0, 0.1) is 6.92 Å². The SMILES string of the molecule is Cc1cccc(C(=O)N2CCCCC2CCBr)n1. The Morgan fingerprint density at radius 2 is 2.33 bits per heavy atom. The highest BCUT2D eigenvalue weighted by atomic mass is 79.9. The van der Waals surface area contributed by atoms with E-state index >= 15 is 0 Å². The molecule has 1 saturated heterocycles. The van der Waals surface area contributed by atoms with Crippen molar-refractivity contribution >= 4 is 21.8 Å². The summed E-state index contributed by atoms with van der Waals surface area (Å²) in [6.07, 6.45) is 4.47. The summed E-state index contributed by atoms with van der Waals surface area (Å²) < 4.78 is 0. The van der Waals surface area contributed by atoms with Crippen LogP contribution >= 0.6 is 15.9 Å². The average Bonchev–Trinajstić information content (AvgIpc) is 2.39. The quantitative estimate of drug-likeness (QED) is 0.803. The smallest absolute Gasteiger partial charge is 0.272 e. The Bertz CT molecular complexity index is 420. The number of amides is 1. The number of rotatable bonds is 3. The summed E-state index contributed by atoms with van der Waals surface area (Å²) in [6.45, 7) is 2.79. The number of likely N-dealkylation sites (tertiary alicyclic amines) is 1. The van der Waals surface area contributed by atoms with Crippen molar-refractivity contribution in [3.63, 3.8) is 0 Å². The van der Waals surface area contributed by atoms with Gasteiger partial charge in [0.15, 0.2) is 0 Å². The number of nitrogens with zero attached hydrogens (tertiary/aromatic N) is 2. The maximum absolute atomic E-state index is 12.5. The summed E-state index contributed by atoms with van der Waals surface area (Å²) in [5, 5.41) is 0.947. The van der Waals surface area contributed by atoms with E-state index in [-0.39, 0.29) is 5.91 Å². The lowest BCUT2D eigenvalue weighted by Gasteiger charge is -2.35. The number of carbonyl (C=O) groups excluding carboxylic acids is 1. The molecule has 1 amide bonds. The highest BCUT2D eigenvalue weighted by Crippen LogP contribution is 2.22. The van der Waals surface area contributed by atoms with Crippen LogP contribution in [0.2, 0.25) is 0 Å². The molecule has 18 heavy (non-hydrogen) atoms. The molecule has 1 aliphatic heterocycles. The van der Waals surface area contributed by atoms with Gasteiger partial charge in [-0.2, -0.15) is 0 Å². The van der Waals surface area contributed by atoms with Crippen LogP contribution in [0.1, 0.15) is 41.9 Å². The molecular formula is C14H19BrN2O. The minimum Gasteiger partial charge on any atom is -0.334 e. The Hall–Kier alpha value is -0.900. The van der Waals surface area contributed by atoms with Gasteiger partial charge in [0, 0.05) is 23.6 Å². The predicted octanol–water partition coefficient (Wildman–Crippen LogP) is 3.17. The van der Waals surface area contributed by atoms with Gasteiger partial charge in [-0.25, -0.2) is 4.98 Å². The van der Waals surface area contributed by atoms with Crippen LogP contribution in [-0.4, -0.2) is 33.7 Å². The third-order valence-corrected chi connectivity index (χ3v) is 3.90.